The number of hydrogen-bond acceptors (Lipinski definition) is 4. The van der Waals surface area contributed by atoms with E-state index in [-0.39, 0.29) is 5.84 Å². The summed E-state index contributed by atoms with van der Waals surface area (Å²) in [6, 6.07) is 9.65. The Morgan fingerprint density at radius 3 is 2.71 bits per heavy atom. The van der Waals surface area contributed by atoms with Crippen molar-refractivity contribution in [3.05, 3.63) is 60.2 Å². The van der Waals surface area contributed by atoms with Crippen LogP contribution in [0.3, 0.4) is 0 Å². The molecule has 0 aliphatic carbocycles. The Hall–Kier alpha value is -2.56. The molecule has 0 saturated carbocycles. The second kappa shape index (κ2) is 5.50. The maximum Gasteiger partial charge on any atom is 0.173 e. The number of nitrogens with zero attached hydrogens (tertiary/aromatic N) is 4. The van der Waals surface area contributed by atoms with Crippen LogP contribution in [0.1, 0.15) is 11.3 Å². The van der Waals surface area contributed by atoms with Crippen molar-refractivity contribution in [3.8, 4) is 0 Å². The molecule has 2 aromatic rings. The van der Waals surface area contributed by atoms with Gasteiger partial charge in [0.05, 0.1) is 12.4 Å². The molecule has 1 aromatic carbocycles. The lowest BCUT2D eigenvalue weighted by Crippen LogP contribution is -2.14. The summed E-state index contributed by atoms with van der Waals surface area (Å²) in [6.45, 7) is 0. The Morgan fingerprint density at radius 1 is 1.18 bits per heavy atom. The highest BCUT2D eigenvalue weighted by molar-refractivity contribution is 5.95. The van der Waals surface area contributed by atoms with Crippen LogP contribution in [0, 0.1) is 0 Å². The summed E-state index contributed by atoms with van der Waals surface area (Å²) in [6.07, 6.45) is 6.29. The lowest BCUT2D eigenvalue weighted by atomic mass is 10.2. The van der Waals surface area contributed by atoms with Gasteiger partial charge in [0.1, 0.15) is 5.69 Å². The van der Waals surface area contributed by atoms with Gasteiger partial charge in [-0.15, -0.1) is 5.10 Å². The third kappa shape index (κ3) is 3.20. The van der Waals surface area contributed by atoms with Gasteiger partial charge in [0, 0.05) is 12.4 Å². The molecular formula is C12H11N5. The second-order valence-electron chi connectivity index (χ2n) is 3.23. The Balaban J connectivity index is 2.09. The average Bonchev–Trinajstić information content (AvgIpc) is 2.41. The standard InChI is InChI=1S/C12H11N5/c13-12(11-9-14-6-7-15-11)17-16-8-10-4-2-1-3-5-10/h1-9H,(H2,13,17). The highest BCUT2D eigenvalue weighted by Crippen LogP contribution is 1.95. The van der Waals surface area contributed by atoms with Crippen LogP contribution in [-0.4, -0.2) is 22.0 Å². The number of amidine groups is 1. The summed E-state index contributed by atoms with van der Waals surface area (Å²) >= 11 is 0. The van der Waals surface area contributed by atoms with Crippen LogP contribution in [0.5, 0.6) is 0 Å². The van der Waals surface area contributed by atoms with Gasteiger partial charge in [-0.2, -0.15) is 5.10 Å². The molecule has 0 fully saturated rings. The van der Waals surface area contributed by atoms with Crippen molar-refractivity contribution in [3.63, 3.8) is 0 Å². The molecule has 5 nitrogen and oxygen atoms in total. The van der Waals surface area contributed by atoms with Crippen molar-refractivity contribution in [2.75, 3.05) is 0 Å². The van der Waals surface area contributed by atoms with E-state index in [0.29, 0.717) is 5.69 Å². The first-order valence-corrected chi connectivity index (χ1v) is 5.04. The topological polar surface area (TPSA) is 76.5 Å². The van der Waals surface area contributed by atoms with Gasteiger partial charge >= 0.3 is 0 Å². The molecule has 5 heteroatoms. The van der Waals surface area contributed by atoms with Gasteiger partial charge in [-0.3, -0.25) is 4.98 Å². The number of nitrogens with two attached hydrogens (primary N) is 1. The number of benzene rings is 1. The van der Waals surface area contributed by atoms with E-state index in [1.54, 1.807) is 18.6 Å². The van der Waals surface area contributed by atoms with Crippen LogP contribution >= 0.6 is 0 Å². The number of hydrogen-bond donors (Lipinski definition) is 1. The molecule has 0 spiro atoms. The summed E-state index contributed by atoms with van der Waals surface area (Å²) in [4.78, 5) is 7.91. The molecule has 0 aliphatic rings. The summed E-state index contributed by atoms with van der Waals surface area (Å²) in [5.74, 6) is 0.241. The monoisotopic (exact) mass is 225 g/mol. The molecule has 1 aromatic heterocycles. The zero-order valence-corrected chi connectivity index (χ0v) is 9.06. The molecule has 1 heterocycles. The summed E-state index contributed by atoms with van der Waals surface area (Å²) in [7, 11) is 0. The minimum absolute atomic E-state index is 0.241. The van der Waals surface area contributed by atoms with E-state index >= 15 is 0 Å². The first kappa shape index (κ1) is 10.9. The van der Waals surface area contributed by atoms with Crippen LogP contribution in [0.15, 0.2) is 59.1 Å². The highest BCUT2D eigenvalue weighted by atomic mass is 15.2. The van der Waals surface area contributed by atoms with Gasteiger partial charge in [-0.05, 0) is 5.56 Å². The van der Waals surface area contributed by atoms with E-state index in [0.717, 1.165) is 5.56 Å². The fourth-order valence-electron chi connectivity index (χ4n) is 1.18. The fourth-order valence-corrected chi connectivity index (χ4v) is 1.18. The lowest BCUT2D eigenvalue weighted by molar-refractivity contribution is 1.15. The third-order valence-corrected chi connectivity index (χ3v) is 2.00. The molecule has 17 heavy (non-hydrogen) atoms. The Kier molecular flexibility index (Phi) is 3.54. The van der Waals surface area contributed by atoms with E-state index in [9.17, 15) is 0 Å². The largest absolute Gasteiger partial charge is 0.380 e. The van der Waals surface area contributed by atoms with E-state index in [1.807, 2.05) is 30.3 Å². The lowest BCUT2D eigenvalue weighted by Gasteiger charge is -1.94. The molecule has 0 amide bonds. The zero-order valence-electron chi connectivity index (χ0n) is 9.06. The van der Waals surface area contributed by atoms with E-state index in [2.05, 4.69) is 20.2 Å². The van der Waals surface area contributed by atoms with Crippen molar-refractivity contribution >= 4 is 12.1 Å². The molecule has 84 valence electrons. The highest BCUT2D eigenvalue weighted by Gasteiger charge is 1.97. The van der Waals surface area contributed by atoms with Gasteiger partial charge in [-0.25, -0.2) is 4.98 Å². The number of rotatable bonds is 3. The quantitative estimate of drug-likeness (QED) is 0.484. The molecule has 2 N–H and O–H groups in total. The van der Waals surface area contributed by atoms with Crippen LogP contribution < -0.4 is 5.73 Å². The Labute approximate surface area is 98.8 Å². The summed E-state index contributed by atoms with van der Waals surface area (Å²) < 4.78 is 0. The molecule has 0 atom stereocenters. The van der Waals surface area contributed by atoms with Crippen LogP contribution in [0.4, 0.5) is 0 Å². The average molecular weight is 225 g/mol. The van der Waals surface area contributed by atoms with Gasteiger partial charge in [0.25, 0.3) is 0 Å². The van der Waals surface area contributed by atoms with Crippen LogP contribution in [-0.2, 0) is 0 Å². The Bertz CT molecular complexity index is 519. The van der Waals surface area contributed by atoms with Crippen LogP contribution in [0.25, 0.3) is 0 Å². The van der Waals surface area contributed by atoms with Crippen molar-refractivity contribution < 1.29 is 0 Å². The minimum atomic E-state index is 0.241. The second-order valence-corrected chi connectivity index (χ2v) is 3.23. The van der Waals surface area contributed by atoms with E-state index in [1.165, 1.54) is 6.20 Å². The van der Waals surface area contributed by atoms with Gasteiger partial charge in [0.2, 0.25) is 0 Å². The molecule has 2 rings (SSSR count). The SMILES string of the molecule is NC(=NN=Cc1ccccc1)c1cnccn1. The summed E-state index contributed by atoms with van der Waals surface area (Å²) in [5.41, 5.74) is 7.17. The van der Waals surface area contributed by atoms with Gasteiger partial charge in [0.15, 0.2) is 5.84 Å². The molecular weight excluding hydrogens is 214 g/mol. The predicted molar refractivity (Wildman–Crippen MR) is 66.8 cm³/mol. The molecule has 0 aliphatic heterocycles. The maximum atomic E-state index is 5.69. The van der Waals surface area contributed by atoms with Crippen molar-refractivity contribution in [1.29, 1.82) is 0 Å². The van der Waals surface area contributed by atoms with Crippen LogP contribution in [0.2, 0.25) is 0 Å². The van der Waals surface area contributed by atoms with Crippen molar-refractivity contribution in [2.24, 2.45) is 15.9 Å². The smallest absolute Gasteiger partial charge is 0.173 e. The molecule has 0 unspecified atom stereocenters. The third-order valence-electron chi connectivity index (χ3n) is 2.00. The van der Waals surface area contributed by atoms with Crippen molar-refractivity contribution in [1.82, 2.24) is 9.97 Å². The zero-order chi connectivity index (χ0) is 11.9. The van der Waals surface area contributed by atoms with Crippen molar-refractivity contribution in [2.45, 2.75) is 0 Å². The molecule has 0 saturated heterocycles. The first-order valence-electron chi connectivity index (χ1n) is 5.04. The Morgan fingerprint density at radius 2 is 2.00 bits per heavy atom. The van der Waals surface area contributed by atoms with E-state index in [4.69, 9.17) is 5.73 Å². The van der Waals surface area contributed by atoms with Gasteiger partial charge < -0.3 is 5.73 Å². The van der Waals surface area contributed by atoms with Gasteiger partial charge in [-0.1, -0.05) is 30.3 Å². The predicted octanol–water partition coefficient (Wildman–Crippen LogP) is 1.22. The minimum Gasteiger partial charge on any atom is -0.380 e. The first-order chi connectivity index (χ1) is 8.36. The van der Waals surface area contributed by atoms with E-state index < -0.39 is 0 Å². The fraction of sp³-hybridized carbons (Fsp3) is 0. The summed E-state index contributed by atoms with van der Waals surface area (Å²) in [5, 5.41) is 7.74. The normalized spacial score (nSPS) is 11.9. The number of aromatic nitrogens is 2. The maximum absolute atomic E-state index is 5.69. The molecule has 0 radical (unpaired) electrons. The molecule has 0 bridgehead atoms.